The molecule has 2 N–H and O–H groups in total. The summed E-state index contributed by atoms with van der Waals surface area (Å²) in [5.41, 5.74) is 1.81. The summed E-state index contributed by atoms with van der Waals surface area (Å²) < 4.78 is 0. The molecule has 4 heteroatoms. The summed E-state index contributed by atoms with van der Waals surface area (Å²) in [7, 11) is 1.76. The Kier molecular flexibility index (Phi) is 3.99. The number of anilines is 1. The monoisotopic (exact) mass is 246 g/mol. The maximum atomic E-state index is 11.9. The summed E-state index contributed by atoms with van der Waals surface area (Å²) in [4.78, 5) is 13.5. The minimum atomic E-state index is -0.0687. The highest BCUT2D eigenvalue weighted by atomic mass is 16.2. The van der Waals surface area contributed by atoms with Crippen LogP contribution in [0.2, 0.25) is 0 Å². The highest BCUT2D eigenvalue weighted by Crippen LogP contribution is 2.20. The zero-order valence-corrected chi connectivity index (χ0v) is 10.5. The molecule has 0 atom stereocenters. The van der Waals surface area contributed by atoms with Crippen molar-refractivity contribution in [1.29, 1.82) is 0 Å². The van der Waals surface area contributed by atoms with Crippen LogP contribution in [-0.4, -0.2) is 30.8 Å². The van der Waals surface area contributed by atoms with Crippen LogP contribution >= 0.6 is 0 Å². The molecular weight excluding hydrogens is 228 g/mol. The summed E-state index contributed by atoms with van der Waals surface area (Å²) in [5, 5.41) is 11.7. The minimum Gasteiger partial charge on any atom is -0.392 e. The highest BCUT2D eigenvalue weighted by Gasteiger charge is 2.25. The first-order chi connectivity index (χ1) is 8.70. The smallest absolute Gasteiger partial charge is 0.321 e. The lowest BCUT2D eigenvalue weighted by Gasteiger charge is -2.18. The van der Waals surface area contributed by atoms with E-state index in [1.165, 1.54) is 0 Å². The lowest BCUT2D eigenvalue weighted by atomic mass is 10.2. The fourth-order valence-corrected chi connectivity index (χ4v) is 1.64. The van der Waals surface area contributed by atoms with Crippen LogP contribution in [0.5, 0.6) is 0 Å². The molecule has 0 spiro atoms. The Hall–Kier alpha value is -1.81. The fourth-order valence-electron chi connectivity index (χ4n) is 1.64. The Balaban J connectivity index is 2.06. The van der Waals surface area contributed by atoms with Crippen LogP contribution in [0.25, 0.3) is 6.08 Å². The molecule has 0 bridgehead atoms. The second-order valence-corrected chi connectivity index (χ2v) is 4.46. The maximum Gasteiger partial charge on any atom is 0.321 e. The number of urea groups is 1. The van der Waals surface area contributed by atoms with Gasteiger partial charge in [-0.15, -0.1) is 0 Å². The second-order valence-electron chi connectivity index (χ2n) is 4.46. The van der Waals surface area contributed by atoms with Gasteiger partial charge in [0.2, 0.25) is 0 Å². The summed E-state index contributed by atoms with van der Waals surface area (Å²) in [6.45, 7) is 0.0161. The van der Waals surface area contributed by atoms with Crippen molar-refractivity contribution in [3.05, 3.63) is 35.9 Å². The van der Waals surface area contributed by atoms with E-state index in [2.05, 4.69) is 5.32 Å². The third-order valence-electron chi connectivity index (χ3n) is 2.88. The summed E-state index contributed by atoms with van der Waals surface area (Å²) in [5.74, 6) is 0. The van der Waals surface area contributed by atoms with Gasteiger partial charge in [-0.05, 0) is 30.5 Å². The van der Waals surface area contributed by atoms with Crippen LogP contribution in [0.4, 0.5) is 10.5 Å². The number of aliphatic hydroxyl groups excluding tert-OH is 1. The van der Waals surface area contributed by atoms with E-state index in [4.69, 9.17) is 5.11 Å². The number of carbonyl (C=O) groups excluding carboxylic acids is 1. The Morgan fingerprint density at radius 1 is 1.56 bits per heavy atom. The number of nitrogens with one attached hydrogen (secondary N) is 1. The molecule has 1 fully saturated rings. The van der Waals surface area contributed by atoms with E-state index in [9.17, 15) is 4.79 Å². The molecule has 0 heterocycles. The Morgan fingerprint density at radius 3 is 3.00 bits per heavy atom. The first kappa shape index (κ1) is 12.6. The van der Waals surface area contributed by atoms with Gasteiger partial charge in [-0.25, -0.2) is 4.79 Å². The van der Waals surface area contributed by atoms with Crippen LogP contribution in [0.15, 0.2) is 30.3 Å². The van der Waals surface area contributed by atoms with Gasteiger partial charge in [0.15, 0.2) is 0 Å². The predicted octanol–water partition coefficient (Wildman–Crippen LogP) is 2.00. The molecule has 1 aliphatic rings. The molecule has 1 aromatic carbocycles. The minimum absolute atomic E-state index is 0.0161. The summed E-state index contributed by atoms with van der Waals surface area (Å²) in [6.07, 6.45) is 5.66. The van der Waals surface area contributed by atoms with E-state index in [-0.39, 0.29) is 12.6 Å². The number of nitrogens with zero attached hydrogens (tertiary/aromatic N) is 1. The molecule has 1 saturated carbocycles. The lowest BCUT2D eigenvalue weighted by molar-refractivity contribution is 0.247. The highest BCUT2D eigenvalue weighted by molar-refractivity contribution is 5.92. The third kappa shape index (κ3) is 3.34. The van der Waals surface area contributed by atoms with Crippen molar-refractivity contribution < 1.29 is 9.90 Å². The quantitative estimate of drug-likeness (QED) is 0.853. The molecule has 1 aromatic rings. The molecule has 0 radical (unpaired) electrons. The van der Waals surface area contributed by atoms with Gasteiger partial charge in [-0.2, -0.15) is 0 Å². The maximum absolute atomic E-state index is 11.9. The van der Waals surface area contributed by atoms with E-state index in [0.717, 1.165) is 24.1 Å². The van der Waals surface area contributed by atoms with Gasteiger partial charge in [0.05, 0.1) is 6.61 Å². The molecule has 0 aliphatic heterocycles. The molecule has 0 unspecified atom stereocenters. The van der Waals surface area contributed by atoms with Gasteiger partial charge in [-0.3, -0.25) is 4.90 Å². The van der Waals surface area contributed by atoms with Gasteiger partial charge < -0.3 is 10.4 Å². The fraction of sp³-hybridized carbons (Fsp3) is 0.357. The molecule has 96 valence electrons. The van der Waals surface area contributed by atoms with E-state index >= 15 is 0 Å². The SMILES string of the molecule is CN(C(=O)NC1CC1)c1cccc(/C=C/CO)c1. The zero-order valence-electron chi connectivity index (χ0n) is 10.5. The van der Waals surface area contributed by atoms with Crippen molar-refractivity contribution in [2.24, 2.45) is 0 Å². The topological polar surface area (TPSA) is 52.6 Å². The number of carbonyl (C=O) groups is 1. The van der Waals surface area contributed by atoms with Crippen LogP contribution in [0, 0.1) is 0 Å². The average molecular weight is 246 g/mol. The van der Waals surface area contributed by atoms with Crippen molar-refractivity contribution in [2.45, 2.75) is 18.9 Å². The second kappa shape index (κ2) is 5.69. The number of hydrogen-bond donors (Lipinski definition) is 2. The standard InChI is InChI=1S/C14H18N2O2/c1-16(14(18)15-12-7-8-12)13-6-2-4-11(10-13)5-3-9-17/h2-6,10,12,17H,7-9H2,1H3,(H,15,18)/b5-3+. The van der Waals surface area contributed by atoms with E-state index in [1.807, 2.05) is 30.3 Å². The van der Waals surface area contributed by atoms with Gasteiger partial charge in [0, 0.05) is 18.8 Å². The van der Waals surface area contributed by atoms with Crippen molar-refractivity contribution >= 4 is 17.8 Å². The lowest BCUT2D eigenvalue weighted by Crippen LogP contribution is -2.38. The number of hydrogen-bond acceptors (Lipinski definition) is 2. The molecule has 0 saturated heterocycles. The number of aliphatic hydroxyl groups is 1. The third-order valence-corrected chi connectivity index (χ3v) is 2.88. The Bertz CT molecular complexity index is 453. The molecule has 2 amide bonds. The predicted molar refractivity (Wildman–Crippen MR) is 72.5 cm³/mol. The number of rotatable bonds is 4. The van der Waals surface area contributed by atoms with Gasteiger partial charge in [0.1, 0.15) is 0 Å². The Labute approximate surface area is 107 Å². The molecule has 1 aliphatic carbocycles. The normalized spacial score (nSPS) is 14.8. The van der Waals surface area contributed by atoms with Crippen molar-refractivity contribution in [2.75, 3.05) is 18.6 Å². The zero-order chi connectivity index (χ0) is 13.0. The van der Waals surface area contributed by atoms with Gasteiger partial charge in [0.25, 0.3) is 0 Å². The van der Waals surface area contributed by atoms with E-state index < -0.39 is 0 Å². The van der Waals surface area contributed by atoms with Crippen molar-refractivity contribution in [3.63, 3.8) is 0 Å². The molecule has 4 nitrogen and oxygen atoms in total. The molecule has 2 rings (SSSR count). The van der Waals surface area contributed by atoms with Crippen molar-refractivity contribution in [3.8, 4) is 0 Å². The van der Waals surface area contributed by atoms with Crippen molar-refractivity contribution in [1.82, 2.24) is 5.32 Å². The Morgan fingerprint density at radius 2 is 2.33 bits per heavy atom. The summed E-state index contributed by atoms with van der Waals surface area (Å²) in [6, 6.07) is 7.93. The largest absolute Gasteiger partial charge is 0.392 e. The van der Waals surface area contributed by atoms with Crippen LogP contribution < -0.4 is 10.2 Å². The van der Waals surface area contributed by atoms with Gasteiger partial charge >= 0.3 is 6.03 Å². The first-order valence-electron chi connectivity index (χ1n) is 6.12. The number of amides is 2. The molecular formula is C14H18N2O2. The molecule has 18 heavy (non-hydrogen) atoms. The number of benzene rings is 1. The van der Waals surface area contributed by atoms with E-state index in [0.29, 0.717) is 6.04 Å². The van der Waals surface area contributed by atoms with E-state index in [1.54, 1.807) is 18.0 Å². The molecule has 0 aromatic heterocycles. The summed E-state index contributed by atoms with van der Waals surface area (Å²) >= 11 is 0. The van der Waals surface area contributed by atoms with Crippen LogP contribution in [0.3, 0.4) is 0 Å². The first-order valence-corrected chi connectivity index (χ1v) is 6.12. The van der Waals surface area contributed by atoms with Crippen LogP contribution in [-0.2, 0) is 0 Å². The van der Waals surface area contributed by atoms with Crippen LogP contribution in [0.1, 0.15) is 18.4 Å². The average Bonchev–Trinajstić information content (AvgIpc) is 3.19. The van der Waals surface area contributed by atoms with Gasteiger partial charge in [-0.1, -0.05) is 24.3 Å².